The second-order valence-electron chi connectivity index (χ2n) is 7.46. The normalized spacial score (nSPS) is 11.8. The van der Waals surface area contributed by atoms with Crippen molar-refractivity contribution < 1.29 is 27.5 Å². The number of carboxylic acids is 1. The number of halogens is 4. The lowest BCUT2D eigenvalue weighted by Gasteiger charge is -2.11. The van der Waals surface area contributed by atoms with Gasteiger partial charge in [-0.2, -0.15) is 13.2 Å². The number of carbonyl (C=O) groups is 1. The Morgan fingerprint density at radius 3 is 2.58 bits per heavy atom. The van der Waals surface area contributed by atoms with Crippen molar-refractivity contribution in [3.63, 3.8) is 0 Å². The largest absolute Gasteiger partial charge is 0.477 e. The predicted molar refractivity (Wildman–Crippen MR) is 117 cm³/mol. The number of nitrogens with one attached hydrogen (secondary N) is 1. The molecule has 0 aliphatic rings. The Morgan fingerprint density at radius 2 is 1.91 bits per heavy atom. The molecule has 1 aromatic carbocycles. The van der Waals surface area contributed by atoms with Crippen molar-refractivity contribution >= 4 is 34.0 Å². The maximum absolute atomic E-state index is 13.9. The van der Waals surface area contributed by atoms with Gasteiger partial charge in [-0.05, 0) is 43.7 Å². The van der Waals surface area contributed by atoms with Gasteiger partial charge in [-0.25, -0.2) is 19.2 Å². The van der Waals surface area contributed by atoms with Gasteiger partial charge in [0, 0.05) is 30.2 Å². The second-order valence-corrected chi connectivity index (χ2v) is 8.52. The molecule has 0 atom stereocenters. The van der Waals surface area contributed by atoms with Gasteiger partial charge in [-0.15, -0.1) is 11.3 Å². The van der Waals surface area contributed by atoms with Crippen molar-refractivity contribution in [2.45, 2.75) is 26.6 Å². The summed E-state index contributed by atoms with van der Waals surface area (Å²) in [7, 11) is 0. The zero-order valence-electron chi connectivity index (χ0n) is 17.5. The maximum atomic E-state index is 13.9. The number of aryl methyl sites for hydroxylation is 2. The molecule has 3 heterocycles. The maximum Gasteiger partial charge on any atom is 0.418 e. The van der Waals surface area contributed by atoms with Crippen LogP contribution in [0.2, 0.25) is 0 Å². The number of aromatic nitrogens is 3. The second kappa shape index (κ2) is 8.47. The molecule has 4 rings (SSSR count). The standard InChI is InChI=1S/C22H18F4N4O2S/c1-11-5-13(23)7-17-14(11)6-12(2)30(17)4-3-27-19-9-16(28-10-29-19)18-8-15(22(24,25)26)20(33-18)21(31)32/h5-10H,3-4H2,1-2H3,(H,31,32)(H,27,28,29). The molecule has 0 bridgehead atoms. The monoisotopic (exact) mass is 478 g/mol. The average Bonchev–Trinajstić information content (AvgIpc) is 3.31. The summed E-state index contributed by atoms with van der Waals surface area (Å²) in [6.45, 7) is 4.68. The number of aromatic carboxylic acids is 1. The van der Waals surface area contributed by atoms with Gasteiger partial charge >= 0.3 is 12.1 Å². The number of hydrogen-bond acceptors (Lipinski definition) is 5. The van der Waals surface area contributed by atoms with Gasteiger partial charge in [0.25, 0.3) is 0 Å². The van der Waals surface area contributed by atoms with E-state index in [-0.39, 0.29) is 16.4 Å². The van der Waals surface area contributed by atoms with E-state index >= 15 is 0 Å². The van der Waals surface area contributed by atoms with E-state index < -0.39 is 22.6 Å². The van der Waals surface area contributed by atoms with Gasteiger partial charge in [-0.1, -0.05) is 0 Å². The van der Waals surface area contributed by atoms with Crippen LogP contribution >= 0.6 is 11.3 Å². The van der Waals surface area contributed by atoms with E-state index in [9.17, 15) is 22.4 Å². The van der Waals surface area contributed by atoms with Crippen LogP contribution < -0.4 is 5.32 Å². The van der Waals surface area contributed by atoms with Crippen molar-refractivity contribution in [2.75, 3.05) is 11.9 Å². The molecule has 0 saturated heterocycles. The quantitative estimate of drug-likeness (QED) is 0.345. The molecule has 0 saturated carbocycles. The van der Waals surface area contributed by atoms with E-state index in [0.29, 0.717) is 30.2 Å². The summed E-state index contributed by atoms with van der Waals surface area (Å²) >= 11 is 0.507. The fraction of sp³-hybridized carbons (Fsp3) is 0.227. The summed E-state index contributed by atoms with van der Waals surface area (Å²) in [5.41, 5.74) is 1.55. The highest BCUT2D eigenvalue weighted by Crippen LogP contribution is 2.40. The highest BCUT2D eigenvalue weighted by molar-refractivity contribution is 7.17. The van der Waals surface area contributed by atoms with Crippen LogP contribution in [0.15, 0.2) is 36.7 Å². The van der Waals surface area contributed by atoms with E-state index in [2.05, 4.69) is 15.3 Å². The lowest BCUT2D eigenvalue weighted by atomic mass is 10.1. The number of hydrogen-bond donors (Lipinski definition) is 2. The Balaban J connectivity index is 1.54. The van der Waals surface area contributed by atoms with E-state index in [1.165, 1.54) is 24.5 Å². The third kappa shape index (κ3) is 4.54. The van der Waals surface area contributed by atoms with Crippen LogP contribution in [-0.2, 0) is 12.7 Å². The number of thiophene rings is 1. The topological polar surface area (TPSA) is 80.0 Å². The fourth-order valence-electron chi connectivity index (χ4n) is 3.69. The molecular weight excluding hydrogens is 460 g/mol. The zero-order chi connectivity index (χ0) is 23.9. The van der Waals surface area contributed by atoms with Crippen LogP contribution in [0.5, 0.6) is 0 Å². The fourth-order valence-corrected chi connectivity index (χ4v) is 4.68. The van der Waals surface area contributed by atoms with E-state index in [0.717, 1.165) is 28.2 Å². The minimum Gasteiger partial charge on any atom is -0.477 e. The summed E-state index contributed by atoms with van der Waals surface area (Å²) in [5.74, 6) is -1.59. The van der Waals surface area contributed by atoms with Gasteiger partial charge in [-0.3, -0.25) is 0 Å². The first-order valence-corrected chi connectivity index (χ1v) is 10.6. The molecule has 0 radical (unpaired) electrons. The van der Waals surface area contributed by atoms with Crippen molar-refractivity contribution in [1.82, 2.24) is 14.5 Å². The highest BCUT2D eigenvalue weighted by atomic mass is 32.1. The molecule has 3 aromatic heterocycles. The Morgan fingerprint density at radius 1 is 1.15 bits per heavy atom. The molecule has 0 amide bonds. The number of rotatable bonds is 6. The van der Waals surface area contributed by atoms with Crippen LogP contribution in [0.1, 0.15) is 26.5 Å². The number of fused-ring (bicyclic) bond motifs is 1. The Bertz CT molecular complexity index is 1360. The number of nitrogens with zero attached hydrogens (tertiary/aromatic N) is 3. The Hall–Kier alpha value is -3.47. The molecule has 6 nitrogen and oxygen atoms in total. The lowest BCUT2D eigenvalue weighted by molar-refractivity contribution is -0.137. The van der Waals surface area contributed by atoms with Crippen LogP contribution in [0.4, 0.5) is 23.4 Å². The highest BCUT2D eigenvalue weighted by Gasteiger charge is 2.37. The third-order valence-corrected chi connectivity index (χ3v) is 6.34. The first-order chi connectivity index (χ1) is 15.5. The summed E-state index contributed by atoms with van der Waals surface area (Å²) in [6.07, 6.45) is -3.59. The smallest absolute Gasteiger partial charge is 0.418 e. The molecular formula is C22H18F4N4O2S. The minimum atomic E-state index is -4.79. The first kappa shape index (κ1) is 22.7. The molecule has 172 valence electrons. The number of alkyl halides is 3. The molecule has 0 unspecified atom stereocenters. The SMILES string of the molecule is Cc1cc(F)cc2c1cc(C)n2CCNc1cc(-c2cc(C(F)(F)F)c(C(=O)O)s2)ncn1. The van der Waals surface area contributed by atoms with Gasteiger partial charge in [0.1, 0.15) is 22.8 Å². The van der Waals surface area contributed by atoms with Gasteiger partial charge < -0.3 is 15.0 Å². The number of anilines is 1. The molecule has 2 N–H and O–H groups in total. The van der Waals surface area contributed by atoms with Crippen molar-refractivity contribution in [2.24, 2.45) is 0 Å². The molecule has 0 spiro atoms. The zero-order valence-corrected chi connectivity index (χ0v) is 18.3. The van der Waals surface area contributed by atoms with E-state index in [1.54, 1.807) is 0 Å². The average molecular weight is 478 g/mol. The van der Waals surface area contributed by atoms with Crippen LogP contribution in [0, 0.1) is 19.7 Å². The number of benzene rings is 1. The minimum absolute atomic E-state index is 0.0726. The molecule has 33 heavy (non-hydrogen) atoms. The van der Waals surface area contributed by atoms with E-state index in [1.807, 2.05) is 24.5 Å². The molecule has 11 heteroatoms. The number of carboxylic acid groups (broad SMARTS) is 1. The molecule has 0 aliphatic heterocycles. The Kier molecular flexibility index (Phi) is 5.83. The van der Waals surface area contributed by atoms with Gasteiger partial charge in [0.15, 0.2) is 0 Å². The van der Waals surface area contributed by atoms with Crippen LogP contribution in [0.3, 0.4) is 0 Å². The first-order valence-electron chi connectivity index (χ1n) is 9.81. The molecule has 0 fully saturated rings. The molecule has 4 aromatic rings. The van der Waals surface area contributed by atoms with E-state index in [4.69, 9.17) is 5.11 Å². The summed E-state index contributed by atoms with van der Waals surface area (Å²) < 4.78 is 55.4. The molecule has 0 aliphatic carbocycles. The third-order valence-electron chi connectivity index (χ3n) is 5.19. The van der Waals surface area contributed by atoms with Crippen molar-refractivity contribution in [3.8, 4) is 10.6 Å². The lowest BCUT2D eigenvalue weighted by Crippen LogP contribution is -2.12. The van der Waals surface area contributed by atoms with Gasteiger partial charge in [0.2, 0.25) is 0 Å². The summed E-state index contributed by atoms with van der Waals surface area (Å²) in [4.78, 5) is 18.6. The van der Waals surface area contributed by atoms with Crippen LogP contribution in [0.25, 0.3) is 21.5 Å². The summed E-state index contributed by atoms with van der Waals surface area (Å²) in [6, 6.07) is 7.20. The van der Waals surface area contributed by atoms with Crippen molar-refractivity contribution in [1.29, 1.82) is 0 Å². The Labute approximate surface area is 189 Å². The predicted octanol–water partition coefficient (Wildman–Crippen LogP) is 5.74. The van der Waals surface area contributed by atoms with Crippen LogP contribution in [-0.4, -0.2) is 32.2 Å². The van der Waals surface area contributed by atoms with Gasteiger partial charge in [0.05, 0.1) is 21.7 Å². The van der Waals surface area contributed by atoms with Crippen molar-refractivity contribution in [3.05, 3.63) is 64.2 Å². The summed E-state index contributed by atoms with van der Waals surface area (Å²) in [5, 5.41) is 13.2.